The van der Waals surface area contributed by atoms with Gasteiger partial charge in [-0.05, 0) is 31.7 Å². The van der Waals surface area contributed by atoms with E-state index in [1.165, 1.54) is 11.8 Å². The molecule has 1 saturated heterocycles. The molecule has 3 unspecified atom stereocenters. The summed E-state index contributed by atoms with van der Waals surface area (Å²) in [6.07, 6.45) is 1.61. The van der Waals surface area contributed by atoms with Crippen molar-refractivity contribution in [3.8, 4) is 0 Å². The lowest BCUT2D eigenvalue weighted by atomic mass is 10.1. The van der Waals surface area contributed by atoms with Crippen LogP contribution in [0.1, 0.15) is 25.3 Å². The third-order valence-corrected chi connectivity index (χ3v) is 4.18. The lowest BCUT2D eigenvalue weighted by Crippen LogP contribution is -2.53. The number of aliphatic carboxylic acids is 1. The minimum Gasteiger partial charge on any atom is -0.480 e. The molecule has 1 fully saturated rings. The monoisotopic (exact) mass is 333 g/mol. The molecule has 7 nitrogen and oxygen atoms in total. The minimum atomic E-state index is -1.11. The van der Waals surface area contributed by atoms with E-state index < -0.39 is 30.0 Å². The highest BCUT2D eigenvalue weighted by molar-refractivity contribution is 5.92. The normalized spacial score (nSPS) is 19.6. The average molecular weight is 333 g/mol. The average Bonchev–Trinajstić information content (AvgIpc) is 3.04. The molecule has 130 valence electrons. The molecule has 0 saturated carbocycles. The third kappa shape index (κ3) is 4.32. The number of benzene rings is 1. The number of carbonyl (C=O) groups is 3. The fourth-order valence-corrected chi connectivity index (χ4v) is 2.84. The van der Waals surface area contributed by atoms with E-state index in [1.807, 2.05) is 30.3 Å². The van der Waals surface area contributed by atoms with E-state index in [4.69, 9.17) is 10.8 Å². The van der Waals surface area contributed by atoms with Crippen molar-refractivity contribution in [1.29, 1.82) is 0 Å². The molecule has 1 aliphatic heterocycles. The van der Waals surface area contributed by atoms with Gasteiger partial charge in [0.2, 0.25) is 11.8 Å². The SMILES string of the molecule is CC(NC(=O)C1CCCN1C(=O)C(N)Cc1ccccc1)C(=O)O. The Morgan fingerprint density at radius 2 is 2.00 bits per heavy atom. The van der Waals surface area contributed by atoms with Crippen LogP contribution in [0.2, 0.25) is 0 Å². The second-order valence-electron chi connectivity index (χ2n) is 6.05. The summed E-state index contributed by atoms with van der Waals surface area (Å²) >= 11 is 0. The predicted molar refractivity (Wildman–Crippen MR) is 88.1 cm³/mol. The fraction of sp³-hybridized carbons (Fsp3) is 0.471. The number of likely N-dealkylation sites (tertiary alicyclic amines) is 1. The summed E-state index contributed by atoms with van der Waals surface area (Å²) in [5, 5.41) is 11.3. The molecule has 1 aromatic rings. The molecular formula is C17H23N3O4. The number of nitrogens with two attached hydrogens (primary N) is 1. The first kappa shape index (κ1) is 17.9. The number of hydrogen-bond donors (Lipinski definition) is 3. The van der Waals surface area contributed by atoms with Gasteiger partial charge in [-0.2, -0.15) is 0 Å². The van der Waals surface area contributed by atoms with Gasteiger partial charge in [-0.1, -0.05) is 30.3 Å². The molecule has 0 radical (unpaired) electrons. The van der Waals surface area contributed by atoms with Gasteiger partial charge >= 0.3 is 5.97 Å². The van der Waals surface area contributed by atoms with Crippen LogP contribution in [0, 0.1) is 0 Å². The lowest BCUT2D eigenvalue weighted by molar-refractivity contribution is -0.143. The number of hydrogen-bond acceptors (Lipinski definition) is 4. The van der Waals surface area contributed by atoms with Crippen LogP contribution in [-0.4, -0.2) is 52.5 Å². The Morgan fingerprint density at radius 3 is 2.62 bits per heavy atom. The Hall–Kier alpha value is -2.41. The maximum absolute atomic E-state index is 12.6. The summed E-state index contributed by atoms with van der Waals surface area (Å²) in [5.41, 5.74) is 6.98. The maximum Gasteiger partial charge on any atom is 0.325 e. The molecule has 1 aliphatic rings. The highest BCUT2D eigenvalue weighted by Crippen LogP contribution is 2.19. The van der Waals surface area contributed by atoms with Crippen molar-refractivity contribution in [2.24, 2.45) is 5.73 Å². The molecule has 2 rings (SSSR count). The summed E-state index contributed by atoms with van der Waals surface area (Å²) in [6.45, 7) is 1.85. The first-order valence-corrected chi connectivity index (χ1v) is 8.03. The van der Waals surface area contributed by atoms with Crippen molar-refractivity contribution in [2.45, 2.75) is 44.3 Å². The van der Waals surface area contributed by atoms with Crippen LogP contribution in [0.15, 0.2) is 30.3 Å². The molecule has 0 aromatic heterocycles. The summed E-state index contributed by atoms with van der Waals surface area (Å²) in [6, 6.07) is 7.08. The molecule has 3 atom stereocenters. The summed E-state index contributed by atoms with van der Waals surface area (Å²) in [5.74, 6) is -1.83. The van der Waals surface area contributed by atoms with Crippen LogP contribution in [0.3, 0.4) is 0 Å². The van der Waals surface area contributed by atoms with Gasteiger partial charge in [0.1, 0.15) is 12.1 Å². The Labute approximate surface area is 140 Å². The van der Waals surface area contributed by atoms with Gasteiger partial charge in [-0.15, -0.1) is 0 Å². The zero-order valence-electron chi connectivity index (χ0n) is 13.6. The molecule has 0 bridgehead atoms. The van der Waals surface area contributed by atoms with E-state index in [9.17, 15) is 14.4 Å². The third-order valence-electron chi connectivity index (χ3n) is 4.18. The highest BCUT2D eigenvalue weighted by atomic mass is 16.4. The molecule has 4 N–H and O–H groups in total. The Kier molecular flexibility index (Phi) is 5.92. The number of nitrogens with zero attached hydrogens (tertiary/aromatic N) is 1. The van der Waals surface area contributed by atoms with Crippen molar-refractivity contribution in [2.75, 3.05) is 6.54 Å². The summed E-state index contributed by atoms with van der Waals surface area (Å²) < 4.78 is 0. The van der Waals surface area contributed by atoms with Crippen molar-refractivity contribution in [3.63, 3.8) is 0 Å². The van der Waals surface area contributed by atoms with Crippen LogP contribution >= 0.6 is 0 Å². The minimum absolute atomic E-state index is 0.278. The number of amides is 2. The van der Waals surface area contributed by atoms with Gasteiger partial charge in [-0.3, -0.25) is 14.4 Å². The van der Waals surface area contributed by atoms with Gasteiger partial charge < -0.3 is 21.1 Å². The van der Waals surface area contributed by atoms with Crippen molar-refractivity contribution >= 4 is 17.8 Å². The van der Waals surface area contributed by atoms with Crippen molar-refractivity contribution in [1.82, 2.24) is 10.2 Å². The molecule has 1 heterocycles. The van der Waals surface area contributed by atoms with E-state index in [0.717, 1.165) is 5.56 Å². The van der Waals surface area contributed by atoms with Crippen molar-refractivity contribution in [3.05, 3.63) is 35.9 Å². The zero-order chi connectivity index (χ0) is 17.7. The van der Waals surface area contributed by atoms with E-state index in [-0.39, 0.29) is 5.91 Å². The number of carboxylic acid groups (broad SMARTS) is 1. The van der Waals surface area contributed by atoms with Gasteiger partial charge in [0.15, 0.2) is 0 Å². The second-order valence-corrected chi connectivity index (χ2v) is 6.05. The Morgan fingerprint density at radius 1 is 1.33 bits per heavy atom. The van der Waals surface area contributed by atoms with Gasteiger partial charge in [-0.25, -0.2) is 0 Å². The van der Waals surface area contributed by atoms with Crippen LogP contribution in [-0.2, 0) is 20.8 Å². The first-order valence-electron chi connectivity index (χ1n) is 8.03. The van der Waals surface area contributed by atoms with Crippen LogP contribution in [0.4, 0.5) is 0 Å². The summed E-state index contributed by atoms with van der Waals surface area (Å²) in [7, 11) is 0. The molecule has 0 spiro atoms. The van der Waals surface area contributed by atoms with E-state index >= 15 is 0 Å². The molecular weight excluding hydrogens is 310 g/mol. The van der Waals surface area contributed by atoms with Crippen LogP contribution < -0.4 is 11.1 Å². The molecule has 24 heavy (non-hydrogen) atoms. The molecule has 0 aliphatic carbocycles. The molecule has 1 aromatic carbocycles. The van der Waals surface area contributed by atoms with E-state index in [0.29, 0.717) is 25.8 Å². The molecule has 2 amide bonds. The van der Waals surface area contributed by atoms with Gasteiger partial charge in [0.05, 0.1) is 6.04 Å². The topological polar surface area (TPSA) is 113 Å². The van der Waals surface area contributed by atoms with Gasteiger partial charge in [0, 0.05) is 6.54 Å². The standard InChI is InChI=1S/C17H23N3O4/c1-11(17(23)24)19-15(21)14-8-5-9-20(14)16(22)13(18)10-12-6-3-2-4-7-12/h2-4,6-7,11,13-14H,5,8-10,18H2,1H3,(H,19,21)(H,23,24). The van der Waals surface area contributed by atoms with Gasteiger partial charge in [0.25, 0.3) is 0 Å². The zero-order valence-corrected chi connectivity index (χ0v) is 13.6. The van der Waals surface area contributed by atoms with E-state index in [1.54, 1.807) is 0 Å². The number of carbonyl (C=O) groups excluding carboxylic acids is 2. The lowest BCUT2D eigenvalue weighted by Gasteiger charge is -2.27. The predicted octanol–water partition coefficient (Wildman–Crippen LogP) is 0.137. The second kappa shape index (κ2) is 7.92. The quantitative estimate of drug-likeness (QED) is 0.685. The number of carboxylic acids is 1. The molecule has 7 heteroatoms. The largest absolute Gasteiger partial charge is 0.480 e. The van der Waals surface area contributed by atoms with E-state index in [2.05, 4.69) is 5.32 Å². The number of nitrogens with one attached hydrogen (secondary N) is 1. The summed E-state index contributed by atoms with van der Waals surface area (Å²) in [4.78, 5) is 37.2. The number of rotatable bonds is 6. The van der Waals surface area contributed by atoms with Crippen LogP contribution in [0.25, 0.3) is 0 Å². The van der Waals surface area contributed by atoms with Crippen LogP contribution in [0.5, 0.6) is 0 Å². The smallest absolute Gasteiger partial charge is 0.325 e. The Balaban J connectivity index is 1.99. The fourth-order valence-electron chi connectivity index (χ4n) is 2.84. The Bertz CT molecular complexity index is 605. The van der Waals surface area contributed by atoms with Crippen molar-refractivity contribution < 1.29 is 19.5 Å². The first-order chi connectivity index (χ1) is 11.4. The highest BCUT2D eigenvalue weighted by Gasteiger charge is 2.36. The maximum atomic E-state index is 12.6.